The Bertz CT molecular complexity index is 822. The minimum absolute atomic E-state index is 0.0570. The van der Waals surface area contributed by atoms with Gasteiger partial charge in [0.15, 0.2) is 0 Å². The highest BCUT2D eigenvalue weighted by molar-refractivity contribution is 7.88. The molecule has 0 fully saturated rings. The summed E-state index contributed by atoms with van der Waals surface area (Å²) in [5.74, 6) is -1.11. The lowest BCUT2D eigenvalue weighted by Gasteiger charge is -2.14. The molecule has 2 rings (SSSR count). The third-order valence-corrected chi connectivity index (χ3v) is 4.86. The van der Waals surface area contributed by atoms with Crippen molar-refractivity contribution in [2.24, 2.45) is 0 Å². The van der Waals surface area contributed by atoms with Crippen molar-refractivity contribution < 1.29 is 22.8 Å². The van der Waals surface area contributed by atoms with Crippen molar-refractivity contribution in [3.8, 4) is 0 Å². The zero-order chi connectivity index (χ0) is 18.7. The molecule has 1 aromatic heterocycles. The standard InChI is InChI=1S/C17H22N2O5S/c1-17(2,3)15-10-13(18-24-15)11-25(22,23)19-14(16(20)21)9-12-7-5-4-6-8-12/h4-8,10,14,19H,9,11H2,1-3H3,(H,20,21)/t14-/m1/s1. The smallest absolute Gasteiger partial charge is 0.322 e. The molecule has 0 bridgehead atoms. The molecule has 136 valence electrons. The average Bonchev–Trinajstić information content (AvgIpc) is 2.95. The van der Waals surface area contributed by atoms with Gasteiger partial charge in [0.1, 0.15) is 23.2 Å². The summed E-state index contributed by atoms with van der Waals surface area (Å²) in [7, 11) is -3.88. The maximum absolute atomic E-state index is 12.3. The molecule has 0 unspecified atom stereocenters. The van der Waals surface area contributed by atoms with Gasteiger partial charge in [0.2, 0.25) is 10.0 Å². The second-order valence-electron chi connectivity index (χ2n) is 6.89. The Morgan fingerprint density at radius 3 is 2.44 bits per heavy atom. The predicted molar refractivity (Wildman–Crippen MR) is 92.5 cm³/mol. The highest BCUT2D eigenvalue weighted by Crippen LogP contribution is 2.23. The van der Waals surface area contributed by atoms with Crippen molar-refractivity contribution in [3.05, 3.63) is 53.4 Å². The fraction of sp³-hybridized carbons (Fsp3) is 0.412. The fourth-order valence-corrected chi connectivity index (χ4v) is 3.44. The van der Waals surface area contributed by atoms with Gasteiger partial charge in [0, 0.05) is 11.5 Å². The van der Waals surface area contributed by atoms with Gasteiger partial charge in [-0.1, -0.05) is 56.3 Å². The summed E-state index contributed by atoms with van der Waals surface area (Å²) >= 11 is 0. The SMILES string of the molecule is CC(C)(C)c1cc(CS(=O)(=O)N[C@H](Cc2ccccc2)C(=O)O)no1. The number of hydrogen-bond acceptors (Lipinski definition) is 5. The minimum Gasteiger partial charge on any atom is -0.480 e. The van der Waals surface area contributed by atoms with Crippen molar-refractivity contribution in [1.29, 1.82) is 0 Å². The number of aliphatic carboxylic acids is 1. The summed E-state index contributed by atoms with van der Waals surface area (Å²) in [5.41, 5.74) is 0.676. The summed E-state index contributed by atoms with van der Waals surface area (Å²) in [4.78, 5) is 11.4. The summed E-state index contributed by atoms with van der Waals surface area (Å²) < 4.78 is 32.0. The molecule has 1 aromatic carbocycles. The second kappa shape index (κ2) is 7.37. The van der Waals surface area contributed by atoms with Crippen LogP contribution in [0.25, 0.3) is 0 Å². The van der Waals surface area contributed by atoms with Crippen LogP contribution < -0.4 is 4.72 Å². The number of nitrogens with zero attached hydrogens (tertiary/aromatic N) is 1. The molecule has 0 saturated heterocycles. The van der Waals surface area contributed by atoms with E-state index >= 15 is 0 Å². The van der Waals surface area contributed by atoms with Gasteiger partial charge in [-0.15, -0.1) is 0 Å². The van der Waals surface area contributed by atoms with Gasteiger partial charge >= 0.3 is 5.97 Å². The molecule has 0 radical (unpaired) electrons. The Morgan fingerprint density at radius 1 is 1.28 bits per heavy atom. The van der Waals surface area contributed by atoms with E-state index in [0.29, 0.717) is 5.76 Å². The van der Waals surface area contributed by atoms with E-state index in [1.54, 1.807) is 36.4 Å². The van der Waals surface area contributed by atoms with E-state index in [0.717, 1.165) is 5.56 Å². The summed E-state index contributed by atoms with van der Waals surface area (Å²) in [6, 6.07) is 9.17. The molecule has 8 heteroatoms. The Balaban J connectivity index is 2.09. The number of nitrogens with one attached hydrogen (secondary N) is 1. The highest BCUT2D eigenvalue weighted by Gasteiger charge is 2.27. The number of benzene rings is 1. The molecule has 0 aliphatic heterocycles. The van der Waals surface area contributed by atoms with Gasteiger partial charge in [-0.05, 0) is 12.0 Å². The van der Waals surface area contributed by atoms with Crippen LogP contribution in [0.4, 0.5) is 0 Å². The van der Waals surface area contributed by atoms with E-state index in [4.69, 9.17) is 4.52 Å². The number of rotatable bonds is 7. The minimum atomic E-state index is -3.88. The number of hydrogen-bond donors (Lipinski definition) is 2. The largest absolute Gasteiger partial charge is 0.480 e. The first-order valence-electron chi connectivity index (χ1n) is 7.79. The topological polar surface area (TPSA) is 110 Å². The number of aromatic nitrogens is 1. The lowest BCUT2D eigenvalue weighted by molar-refractivity contribution is -0.138. The summed E-state index contributed by atoms with van der Waals surface area (Å²) in [6.07, 6.45) is 0.0570. The molecule has 0 saturated carbocycles. The summed E-state index contributed by atoms with van der Waals surface area (Å²) in [5, 5.41) is 13.1. The fourth-order valence-electron chi connectivity index (χ4n) is 2.22. The van der Waals surface area contributed by atoms with Crippen LogP contribution in [0.5, 0.6) is 0 Å². The van der Waals surface area contributed by atoms with E-state index in [2.05, 4.69) is 9.88 Å². The van der Waals surface area contributed by atoms with Gasteiger partial charge in [-0.25, -0.2) is 13.1 Å². The van der Waals surface area contributed by atoms with E-state index < -0.39 is 27.8 Å². The predicted octanol–water partition coefficient (Wildman–Crippen LogP) is 2.09. The van der Waals surface area contributed by atoms with Crippen LogP contribution in [-0.2, 0) is 32.4 Å². The molecule has 0 aliphatic rings. The van der Waals surface area contributed by atoms with Gasteiger partial charge in [0.05, 0.1) is 0 Å². The van der Waals surface area contributed by atoms with Crippen LogP contribution in [0, 0.1) is 0 Å². The average molecular weight is 366 g/mol. The number of carboxylic acids is 1. The molecule has 1 atom stereocenters. The molecule has 0 amide bonds. The molecule has 2 aromatic rings. The van der Waals surface area contributed by atoms with Crippen LogP contribution in [-0.4, -0.2) is 30.7 Å². The van der Waals surface area contributed by atoms with Crippen molar-refractivity contribution in [3.63, 3.8) is 0 Å². The van der Waals surface area contributed by atoms with Crippen molar-refractivity contribution in [1.82, 2.24) is 9.88 Å². The number of carbonyl (C=O) groups is 1. The Kier molecular flexibility index (Phi) is 5.64. The Hall–Kier alpha value is -2.19. The third kappa shape index (κ3) is 5.68. The normalized spacial score (nSPS) is 13.6. The monoisotopic (exact) mass is 366 g/mol. The second-order valence-corrected chi connectivity index (χ2v) is 8.64. The number of carboxylic acid groups (broad SMARTS) is 1. The van der Waals surface area contributed by atoms with Gasteiger partial charge in [0.25, 0.3) is 0 Å². The van der Waals surface area contributed by atoms with Crippen LogP contribution in [0.1, 0.15) is 37.8 Å². The molecular formula is C17H22N2O5S. The lowest BCUT2D eigenvalue weighted by atomic mass is 9.93. The van der Waals surface area contributed by atoms with E-state index in [9.17, 15) is 18.3 Å². The van der Waals surface area contributed by atoms with Gasteiger partial charge < -0.3 is 9.63 Å². The molecule has 0 aliphatic carbocycles. The number of sulfonamides is 1. The molecule has 1 heterocycles. The zero-order valence-electron chi connectivity index (χ0n) is 14.4. The van der Waals surface area contributed by atoms with Crippen molar-refractivity contribution in [2.75, 3.05) is 0 Å². The maximum atomic E-state index is 12.3. The quantitative estimate of drug-likeness (QED) is 0.776. The molecule has 7 nitrogen and oxygen atoms in total. The third-order valence-electron chi connectivity index (χ3n) is 3.54. The van der Waals surface area contributed by atoms with Crippen LogP contribution in [0.15, 0.2) is 40.9 Å². The van der Waals surface area contributed by atoms with Crippen molar-refractivity contribution >= 4 is 16.0 Å². The van der Waals surface area contributed by atoms with E-state index in [1.165, 1.54) is 0 Å². The van der Waals surface area contributed by atoms with Gasteiger partial charge in [-0.2, -0.15) is 0 Å². The van der Waals surface area contributed by atoms with E-state index in [1.807, 2.05) is 20.8 Å². The van der Waals surface area contributed by atoms with E-state index in [-0.39, 0.29) is 17.5 Å². The highest BCUT2D eigenvalue weighted by atomic mass is 32.2. The first kappa shape index (κ1) is 19.1. The van der Waals surface area contributed by atoms with Gasteiger partial charge in [-0.3, -0.25) is 4.79 Å². The van der Waals surface area contributed by atoms with Crippen LogP contribution in [0.2, 0.25) is 0 Å². The van der Waals surface area contributed by atoms with Crippen LogP contribution in [0.3, 0.4) is 0 Å². The van der Waals surface area contributed by atoms with Crippen LogP contribution >= 0.6 is 0 Å². The first-order valence-corrected chi connectivity index (χ1v) is 9.45. The lowest BCUT2D eigenvalue weighted by Crippen LogP contribution is -2.42. The Morgan fingerprint density at radius 2 is 1.92 bits per heavy atom. The molecule has 0 spiro atoms. The maximum Gasteiger partial charge on any atom is 0.322 e. The summed E-state index contributed by atoms with van der Waals surface area (Å²) in [6.45, 7) is 5.76. The molecular weight excluding hydrogens is 344 g/mol. The Labute approximate surface area is 147 Å². The first-order chi connectivity index (χ1) is 11.6. The molecule has 2 N–H and O–H groups in total. The zero-order valence-corrected chi connectivity index (χ0v) is 15.2. The van der Waals surface area contributed by atoms with Crippen molar-refractivity contribution in [2.45, 2.75) is 44.4 Å². The molecule has 25 heavy (non-hydrogen) atoms.